The molecule has 1 aromatic carbocycles. The fourth-order valence-electron chi connectivity index (χ4n) is 2.80. The molecule has 0 radical (unpaired) electrons. The van der Waals surface area contributed by atoms with Crippen molar-refractivity contribution in [3.8, 4) is 0 Å². The number of nitrogens with one attached hydrogen (secondary N) is 1. The Balaban J connectivity index is 2.13. The van der Waals surface area contributed by atoms with Gasteiger partial charge < -0.3 is 5.32 Å². The topological polar surface area (TPSA) is 12.0 Å². The molecule has 3 unspecified atom stereocenters. The third-order valence-electron chi connectivity index (χ3n) is 3.81. The number of hydrogen-bond acceptors (Lipinski definition) is 3. The van der Waals surface area contributed by atoms with Crippen LogP contribution in [0.25, 0.3) is 0 Å². The lowest BCUT2D eigenvalue weighted by molar-refractivity contribution is 0.477. The molecule has 1 fully saturated rings. The van der Waals surface area contributed by atoms with Gasteiger partial charge in [-0.15, -0.1) is 0 Å². The summed E-state index contributed by atoms with van der Waals surface area (Å²) in [6, 6.07) is 4.15. The molecule has 1 saturated heterocycles. The average Bonchev–Trinajstić information content (AvgIpc) is 2.49. The van der Waals surface area contributed by atoms with Crippen molar-refractivity contribution < 1.29 is 8.78 Å². The maximum absolute atomic E-state index is 13.9. The van der Waals surface area contributed by atoms with Gasteiger partial charge in [-0.3, -0.25) is 0 Å². The maximum Gasteiger partial charge on any atom is 0.129 e. The zero-order valence-corrected chi connectivity index (χ0v) is 14.2. The van der Waals surface area contributed by atoms with E-state index >= 15 is 0 Å². The van der Waals surface area contributed by atoms with E-state index in [2.05, 4.69) is 19.2 Å². The molecular formula is C16H23F2NS2. The first-order valence-corrected chi connectivity index (χ1v) is 9.66. The summed E-state index contributed by atoms with van der Waals surface area (Å²) in [7, 11) is 0. The first-order valence-electron chi connectivity index (χ1n) is 7.56. The minimum atomic E-state index is -0.509. The third-order valence-corrected chi connectivity index (χ3v) is 7.22. The third kappa shape index (κ3) is 4.60. The van der Waals surface area contributed by atoms with Crippen LogP contribution in [0.5, 0.6) is 0 Å². The molecular weight excluding hydrogens is 308 g/mol. The fraction of sp³-hybridized carbons (Fsp3) is 0.625. The van der Waals surface area contributed by atoms with E-state index in [9.17, 15) is 8.78 Å². The summed E-state index contributed by atoms with van der Waals surface area (Å²) in [6.07, 6.45) is 1.75. The van der Waals surface area contributed by atoms with Crippen LogP contribution in [0.1, 0.15) is 25.8 Å². The normalized spacial score (nSPS) is 24.0. The minimum absolute atomic E-state index is 0.234. The molecule has 1 aromatic rings. The van der Waals surface area contributed by atoms with Crippen LogP contribution in [0.3, 0.4) is 0 Å². The Morgan fingerprint density at radius 3 is 2.67 bits per heavy atom. The summed E-state index contributed by atoms with van der Waals surface area (Å²) >= 11 is 4.02. The summed E-state index contributed by atoms with van der Waals surface area (Å²) in [4.78, 5) is 0. The van der Waals surface area contributed by atoms with Crippen LogP contribution in [0.2, 0.25) is 0 Å². The molecule has 0 aliphatic carbocycles. The van der Waals surface area contributed by atoms with E-state index in [1.54, 1.807) is 6.07 Å². The summed E-state index contributed by atoms with van der Waals surface area (Å²) in [5, 5.41) is 4.60. The molecule has 1 aliphatic heterocycles. The molecule has 21 heavy (non-hydrogen) atoms. The van der Waals surface area contributed by atoms with E-state index in [1.807, 2.05) is 23.5 Å². The summed E-state index contributed by atoms with van der Waals surface area (Å²) in [6.45, 7) is 5.17. The lowest BCUT2D eigenvalue weighted by Gasteiger charge is -2.36. The van der Waals surface area contributed by atoms with E-state index in [-0.39, 0.29) is 6.04 Å². The number of thioether (sulfide) groups is 2. The van der Waals surface area contributed by atoms with Crippen LogP contribution in [0, 0.1) is 11.6 Å². The molecule has 5 heteroatoms. The molecule has 0 spiro atoms. The molecule has 1 aliphatic rings. The van der Waals surface area contributed by atoms with Gasteiger partial charge in [-0.25, -0.2) is 8.78 Å². The predicted octanol–water partition coefficient (Wildman–Crippen LogP) is 4.11. The predicted molar refractivity (Wildman–Crippen MR) is 90.3 cm³/mol. The Morgan fingerprint density at radius 1 is 1.24 bits per heavy atom. The smallest absolute Gasteiger partial charge is 0.129 e. The van der Waals surface area contributed by atoms with Crippen molar-refractivity contribution in [2.45, 2.75) is 43.2 Å². The van der Waals surface area contributed by atoms with Crippen molar-refractivity contribution in [1.29, 1.82) is 0 Å². The number of benzene rings is 1. The monoisotopic (exact) mass is 331 g/mol. The molecule has 3 atom stereocenters. The first kappa shape index (κ1) is 17.1. The van der Waals surface area contributed by atoms with Crippen LogP contribution in [0.4, 0.5) is 8.78 Å². The van der Waals surface area contributed by atoms with Crippen molar-refractivity contribution >= 4 is 23.5 Å². The Morgan fingerprint density at radius 2 is 2.00 bits per heavy atom. The summed E-state index contributed by atoms with van der Waals surface area (Å²) in [5.41, 5.74) is 0.605. The van der Waals surface area contributed by atoms with Crippen molar-refractivity contribution in [1.82, 2.24) is 5.32 Å². The van der Waals surface area contributed by atoms with E-state index < -0.39 is 11.6 Å². The van der Waals surface area contributed by atoms with Crippen LogP contribution in [0.15, 0.2) is 18.2 Å². The number of rotatable bonds is 6. The number of halogens is 2. The van der Waals surface area contributed by atoms with Gasteiger partial charge in [-0.1, -0.05) is 19.9 Å². The molecule has 118 valence electrons. The van der Waals surface area contributed by atoms with E-state index in [1.165, 1.54) is 11.8 Å². The van der Waals surface area contributed by atoms with Gasteiger partial charge in [0.15, 0.2) is 0 Å². The average molecular weight is 331 g/mol. The molecule has 0 aromatic heterocycles. The van der Waals surface area contributed by atoms with Crippen LogP contribution < -0.4 is 5.32 Å². The highest BCUT2D eigenvalue weighted by molar-refractivity contribution is 8.07. The molecule has 2 rings (SSSR count). The lowest BCUT2D eigenvalue weighted by atomic mass is 9.99. The van der Waals surface area contributed by atoms with Gasteiger partial charge in [-0.05, 0) is 31.0 Å². The highest BCUT2D eigenvalue weighted by Crippen LogP contribution is 2.36. The summed E-state index contributed by atoms with van der Waals surface area (Å²) < 4.78 is 27.0. The Labute approximate surface area is 134 Å². The van der Waals surface area contributed by atoms with Crippen molar-refractivity contribution in [2.75, 3.05) is 18.1 Å². The molecule has 0 amide bonds. The largest absolute Gasteiger partial charge is 0.313 e. The zero-order chi connectivity index (χ0) is 15.2. The fourth-order valence-corrected chi connectivity index (χ4v) is 6.07. The van der Waals surface area contributed by atoms with E-state index in [0.29, 0.717) is 22.5 Å². The Bertz CT molecular complexity index is 456. The minimum Gasteiger partial charge on any atom is -0.313 e. The quantitative estimate of drug-likeness (QED) is 0.842. The Kier molecular flexibility index (Phi) is 6.83. The second kappa shape index (κ2) is 8.39. The van der Waals surface area contributed by atoms with Crippen molar-refractivity contribution in [3.05, 3.63) is 35.4 Å². The van der Waals surface area contributed by atoms with E-state index in [0.717, 1.165) is 24.8 Å². The molecule has 1 heterocycles. The first-order chi connectivity index (χ1) is 10.2. The van der Waals surface area contributed by atoms with Crippen LogP contribution in [-0.2, 0) is 6.42 Å². The second-order valence-corrected chi connectivity index (χ2v) is 7.89. The van der Waals surface area contributed by atoms with Crippen LogP contribution in [-0.4, -0.2) is 34.6 Å². The highest BCUT2D eigenvalue weighted by Gasteiger charge is 2.32. The van der Waals surface area contributed by atoms with Gasteiger partial charge in [0.25, 0.3) is 0 Å². The molecule has 0 bridgehead atoms. The Hall–Kier alpha value is -0.260. The molecule has 1 N–H and O–H groups in total. The zero-order valence-electron chi connectivity index (χ0n) is 12.6. The number of likely N-dealkylation sites (N-methyl/N-ethyl adjacent to an activating group) is 1. The number of hydrogen-bond donors (Lipinski definition) is 1. The molecule has 1 nitrogen and oxygen atoms in total. The highest BCUT2D eigenvalue weighted by atomic mass is 32.2. The van der Waals surface area contributed by atoms with Gasteiger partial charge >= 0.3 is 0 Å². The van der Waals surface area contributed by atoms with E-state index in [4.69, 9.17) is 0 Å². The van der Waals surface area contributed by atoms with Crippen molar-refractivity contribution in [2.24, 2.45) is 0 Å². The van der Waals surface area contributed by atoms with Gasteiger partial charge in [0.2, 0.25) is 0 Å². The molecule has 0 saturated carbocycles. The van der Waals surface area contributed by atoms with Gasteiger partial charge in [0.1, 0.15) is 11.6 Å². The standard InChI is InChI=1S/C16H23F2NS2/c1-3-15-16(21-8-7-20-15)14(19-4-2)9-11-5-6-12(17)10-13(11)18/h5-6,10,14-16,19H,3-4,7-9H2,1-2H3. The lowest BCUT2D eigenvalue weighted by Crippen LogP contribution is -2.46. The van der Waals surface area contributed by atoms with Crippen molar-refractivity contribution in [3.63, 3.8) is 0 Å². The van der Waals surface area contributed by atoms with Gasteiger partial charge in [-0.2, -0.15) is 23.5 Å². The maximum atomic E-state index is 13.9. The van der Waals surface area contributed by atoms with Gasteiger partial charge in [0.05, 0.1) is 0 Å². The second-order valence-electron chi connectivity index (χ2n) is 5.26. The van der Waals surface area contributed by atoms with Gasteiger partial charge in [0, 0.05) is 34.1 Å². The SMILES string of the molecule is CCNC(Cc1ccc(F)cc1F)C1SCCSC1CC. The van der Waals surface area contributed by atoms with Crippen LogP contribution >= 0.6 is 23.5 Å². The summed E-state index contributed by atoms with van der Waals surface area (Å²) in [5.74, 6) is 1.41.